The lowest BCUT2D eigenvalue weighted by Gasteiger charge is -2.35. The number of benzene rings is 1. The van der Waals surface area contributed by atoms with Gasteiger partial charge in [-0.1, -0.05) is 53.7 Å². The van der Waals surface area contributed by atoms with E-state index >= 15 is 0 Å². The zero-order valence-electron chi connectivity index (χ0n) is 12.6. The van der Waals surface area contributed by atoms with Crippen molar-refractivity contribution in [3.63, 3.8) is 0 Å². The molecule has 3 heteroatoms. The van der Waals surface area contributed by atoms with E-state index in [1.807, 2.05) is 12.1 Å². The van der Waals surface area contributed by atoms with Crippen molar-refractivity contribution >= 4 is 21.8 Å². The van der Waals surface area contributed by atoms with Gasteiger partial charge in [-0.25, -0.2) is 0 Å². The first-order valence-electron chi connectivity index (χ1n) is 8.29. The first-order chi connectivity index (χ1) is 10.2. The average molecular weight is 350 g/mol. The van der Waals surface area contributed by atoms with Crippen LogP contribution in [0, 0.1) is 0 Å². The lowest BCUT2D eigenvalue weighted by atomic mass is 10.1. The molecular weight excluding hydrogens is 326 g/mol. The van der Waals surface area contributed by atoms with E-state index in [0.717, 1.165) is 10.0 Å². The van der Waals surface area contributed by atoms with Gasteiger partial charge in [-0.15, -0.1) is 0 Å². The largest absolute Gasteiger partial charge is 0.336 e. The highest BCUT2D eigenvalue weighted by atomic mass is 79.9. The molecule has 3 rings (SSSR count). The fourth-order valence-electron chi connectivity index (χ4n) is 3.98. The molecule has 0 atom stereocenters. The van der Waals surface area contributed by atoms with Crippen LogP contribution >= 0.6 is 15.9 Å². The highest BCUT2D eigenvalue weighted by Gasteiger charge is 2.33. The van der Waals surface area contributed by atoms with Crippen molar-refractivity contribution < 1.29 is 4.79 Å². The van der Waals surface area contributed by atoms with Crippen LogP contribution in [-0.2, 0) is 11.2 Å². The maximum Gasteiger partial charge on any atom is 0.227 e. The third kappa shape index (κ3) is 3.68. The fraction of sp³-hybridized carbons (Fsp3) is 0.611. The number of hydrogen-bond acceptors (Lipinski definition) is 1. The summed E-state index contributed by atoms with van der Waals surface area (Å²) < 4.78 is 1.06. The van der Waals surface area contributed by atoms with Crippen LogP contribution in [0.4, 0.5) is 0 Å². The highest BCUT2D eigenvalue weighted by Crippen LogP contribution is 2.32. The summed E-state index contributed by atoms with van der Waals surface area (Å²) in [6, 6.07) is 9.17. The topological polar surface area (TPSA) is 20.3 Å². The van der Waals surface area contributed by atoms with Gasteiger partial charge in [0, 0.05) is 16.6 Å². The van der Waals surface area contributed by atoms with Gasteiger partial charge in [0.15, 0.2) is 0 Å². The van der Waals surface area contributed by atoms with Crippen LogP contribution in [0.5, 0.6) is 0 Å². The Kier molecular flexibility index (Phi) is 4.99. The molecule has 21 heavy (non-hydrogen) atoms. The minimum absolute atomic E-state index is 0.340. The SMILES string of the molecule is O=C(Cc1cccc(Br)c1)N(C1CCCC1)C1CCCC1. The van der Waals surface area contributed by atoms with Gasteiger partial charge < -0.3 is 4.90 Å². The second kappa shape index (κ2) is 6.95. The quantitative estimate of drug-likeness (QED) is 0.770. The Balaban J connectivity index is 1.73. The summed E-state index contributed by atoms with van der Waals surface area (Å²) in [5, 5.41) is 0. The van der Waals surface area contributed by atoms with Crippen molar-refractivity contribution in [3.05, 3.63) is 34.3 Å². The minimum Gasteiger partial charge on any atom is -0.336 e. The van der Waals surface area contributed by atoms with Crippen LogP contribution in [0.3, 0.4) is 0 Å². The maximum absolute atomic E-state index is 12.9. The number of hydrogen-bond donors (Lipinski definition) is 0. The Hall–Kier alpha value is -0.830. The van der Waals surface area contributed by atoms with Crippen LogP contribution in [0.25, 0.3) is 0 Å². The van der Waals surface area contributed by atoms with Gasteiger partial charge in [0.05, 0.1) is 6.42 Å². The van der Waals surface area contributed by atoms with E-state index in [4.69, 9.17) is 0 Å². The molecule has 0 saturated heterocycles. The van der Waals surface area contributed by atoms with Gasteiger partial charge in [0.25, 0.3) is 0 Å². The molecule has 0 unspecified atom stereocenters. The average Bonchev–Trinajstić information content (AvgIpc) is 3.12. The third-order valence-corrected chi connectivity index (χ3v) is 5.46. The van der Waals surface area contributed by atoms with Gasteiger partial charge in [-0.3, -0.25) is 4.79 Å². The summed E-state index contributed by atoms with van der Waals surface area (Å²) in [4.78, 5) is 15.2. The Morgan fingerprint density at radius 2 is 1.62 bits per heavy atom. The zero-order valence-corrected chi connectivity index (χ0v) is 14.1. The summed E-state index contributed by atoms with van der Waals surface area (Å²) in [5.74, 6) is 0.340. The van der Waals surface area contributed by atoms with Gasteiger partial charge >= 0.3 is 0 Å². The lowest BCUT2D eigenvalue weighted by molar-refractivity contribution is -0.135. The van der Waals surface area contributed by atoms with Gasteiger partial charge in [-0.05, 0) is 43.4 Å². The van der Waals surface area contributed by atoms with Crippen LogP contribution < -0.4 is 0 Å². The smallest absolute Gasteiger partial charge is 0.227 e. The minimum atomic E-state index is 0.340. The van der Waals surface area contributed by atoms with E-state index < -0.39 is 0 Å². The number of carbonyl (C=O) groups excluding carboxylic acids is 1. The number of halogens is 1. The second-order valence-corrected chi connectivity index (χ2v) is 7.40. The summed E-state index contributed by atoms with van der Waals surface area (Å²) in [5.41, 5.74) is 1.12. The number of nitrogens with zero attached hydrogens (tertiary/aromatic N) is 1. The summed E-state index contributed by atoms with van der Waals surface area (Å²) in [7, 11) is 0. The second-order valence-electron chi connectivity index (χ2n) is 6.48. The van der Waals surface area contributed by atoms with E-state index in [0.29, 0.717) is 24.4 Å². The standard InChI is InChI=1S/C18H24BrNO/c19-15-7-5-6-14(12-15)13-18(21)20(16-8-1-2-9-16)17-10-3-4-11-17/h5-7,12,16-17H,1-4,8-11,13H2. The van der Waals surface area contributed by atoms with Crippen molar-refractivity contribution in [1.29, 1.82) is 0 Å². The molecule has 2 nitrogen and oxygen atoms in total. The predicted molar refractivity (Wildman–Crippen MR) is 89.2 cm³/mol. The lowest BCUT2D eigenvalue weighted by Crippen LogP contribution is -2.45. The molecule has 0 bridgehead atoms. The molecule has 0 N–H and O–H groups in total. The summed E-state index contributed by atoms with van der Waals surface area (Å²) >= 11 is 3.50. The van der Waals surface area contributed by atoms with Gasteiger partial charge in [0.2, 0.25) is 5.91 Å². The Labute approximate surface area is 136 Å². The Morgan fingerprint density at radius 3 is 2.14 bits per heavy atom. The predicted octanol–water partition coefficient (Wildman–Crippen LogP) is 4.71. The van der Waals surface area contributed by atoms with Crippen LogP contribution in [0.2, 0.25) is 0 Å². The van der Waals surface area contributed by atoms with Gasteiger partial charge in [-0.2, -0.15) is 0 Å². The van der Waals surface area contributed by atoms with E-state index in [9.17, 15) is 4.79 Å². The Bertz CT molecular complexity index is 474. The zero-order chi connectivity index (χ0) is 14.7. The van der Waals surface area contributed by atoms with Gasteiger partial charge in [0.1, 0.15) is 0 Å². The van der Waals surface area contributed by atoms with E-state index in [-0.39, 0.29) is 0 Å². The first-order valence-corrected chi connectivity index (χ1v) is 9.09. The normalized spacial score (nSPS) is 20.0. The van der Waals surface area contributed by atoms with E-state index in [1.54, 1.807) is 0 Å². The van der Waals surface area contributed by atoms with Crippen LogP contribution in [0.15, 0.2) is 28.7 Å². The fourth-order valence-corrected chi connectivity index (χ4v) is 4.43. The molecule has 2 saturated carbocycles. The van der Waals surface area contributed by atoms with Crippen molar-refractivity contribution in [3.8, 4) is 0 Å². The molecular formula is C18H24BrNO. The summed E-state index contributed by atoms with van der Waals surface area (Å²) in [6.07, 6.45) is 10.5. The molecule has 1 amide bonds. The molecule has 2 fully saturated rings. The first kappa shape index (κ1) is 15.1. The molecule has 0 radical (unpaired) electrons. The molecule has 1 aromatic carbocycles. The highest BCUT2D eigenvalue weighted by molar-refractivity contribution is 9.10. The van der Waals surface area contributed by atoms with Crippen LogP contribution in [0.1, 0.15) is 56.9 Å². The molecule has 2 aliphatic carbocycles. The molecule has 0 aliphatic heterocycles. The van der Waals surface area contributed by atoms with Crippen molar-refractivity contribution in [2.24, 2.45) is 0 Å². The molecule has 0 aromatic heterocycles. The monoisotopic (exact) mass is 349 g/mol. The summed E-state index contributed by atoms with van der Waals surface area (Å²) in [6.45, 7) is 0. The Morgan fingerprint density at radius 1 is 1.05 bits per heavy atom. The number of rotatable bonds is 4. The molecule has 1 aromatic rings. The van der Waals surface area contributed by atoms with Crippen molar-refractivity contribution in [2.45, 2.75) is 69.9 Å². The van der Waals surface area contributed by atoms with Crippen LogP contribution in [-0.4, -0.2) is 22.9 Å². The van der Waals surface area contributed by atoms with Crippen molar-refractivity contribution in [1.82, 2.24) is 4.90 Å². The number of carbonyl (C=O) groups is 1. The number of amides is 1. The molecule has 0 spiro atoms. The van der Waals surface area contributed by atoms with E-state index in [1.165, 1.54) is 51.4 Å². The molecule has 2 aliphatic rings. The van der Waals surface area contributed by atoms with E-state index in [2.05, 4.69) is 33.0 Å². The third-order valence-electron chi connectivity index (χ3n) is 4.97. The maximum atomic E-state index is 12.9. The van der Waals surface area contributed by atoms with Crippen molar-refractivity contribution in [2.75, 3.05) is 0 Å². The molecule has 114 valence electrons. The molecule has 0 heterocycles.